The SMILES string of the molecule is O=C(NCc1c(F)cc(F)cc1F)c1cn2c(c(O)c1=O)C(=O)N1[C@H]3CC[C@H](CC3)[C@H]1C2. The number of pyridine rings is 1. The summed E-state index contributed by atoms with van der Waals surface area (Å²) < 4.78 is 42.1. The molecule has 0 unspecified atom stereocenters. The summed E-state index contributed by atoms with van der Waals surface area (Å²) >= 11 is 0. The minimum Gasteiger partial charge on any atom is -0.503 e. The maximum absolute atomic E-state index is 13.8. The Morgan fingerprint density at radius 3 is 2.41 bits per heavy atom. The van der Waals surface area contributed by atoms with E-state index in [2.05, 4.69) is 5.32 Å². The van der Waals surface area contributed by atoms with Crippen LogP contribution in [0.15, 0.2) is 23.1 Å². The highest BCUT2D eigenvalue weighted by molar-refractivity contribution is 5.99. The molecule has 3 fully saturated rings. The van der Waals surface area contributed by atoms with Crippen LogP contribution in [-0.4, -0.2) is 38.5 Å². The van der Waals surface area contributed by atoms with E-state index in [1.807, 2.05) is 0 Å². The smallest absolute Gasteiger partial charge is 0.275 e. The fraction of sp³-hybridized carbons (Fsp3) is 0.409. The minimum absolute atomic E-state index is 0.0669. The molecule has 1 aliphatic carbocycles. The second-order valence-corrected chi connectivity index (χ2v) is 8.60. The summed E-state index contributed by atoms with van der Waals surface area (Å²) in [6, 6.07) is 0.991. The first-order chi connectivity index (χ1) is 15.3. The van der Waals surface area contributed by atoms with Crippen molar-refractivity contribution in [1.82, 2.24) is 14.8 Å². The van der Waals surface area contributed by atoms with Crippen molar-refractivity contribution in [1.29, 1.82) is 0 Å². The lowest BCUT2D eigenvalue weighted by Crippen LogP contribution is -2.61. The number of hydrogen-bond donors (Lipinski definition) is 2. The molecule has 2 saturated heterocycles. The monoisotopic (exact) mass is 447 g/mol. The van der Waals surface area contributed by atoms with Crippen molar-refractivity contribution in [2.45, 2.75) is 50.9 Å². The van der Waals surface area contributed by atoms with E-state index in [1.54, 1.807) is 4.90 Å². The van der Waals surface area contributed by atoms with Crippen LogP contribution in [0.3, 0.4) is 0 Å². The number of aromatic hydroxyl groups is 1. The molecule has 4 aliphatic rings. The van der Waals surface area contributed by atoms with Crippen molar-refractivity contribution < 1.29 is 27.9 Å². The third-order valence-electron chi connectivity index (χ3n) is 6.89. The molecule has 1 atom stereocenters. The van der Waals surface area contributed by atoms with Gasteiger partial charge < -0.3 is 19.9 Å². The molecule has 32 heavy (non-hydrogen) atoms. The molecule has 1 aromatic heterocycles. The van der Waals surface area contributed by atoms with E-state index in [-0.39, 0.29) is 17.8 Å². The Balaban J connectivity index is 1.45. The average molecular weight is 447 g/mol. The number of rotatable bonds is 3. The molecule has 2 N–H and O–H groups in total. The van der Waals surface area contributed by atoms with Crippen molar-refractivity contribution in [2.75, 3.05) is 0 Å². The minimum atomic E-state index is -1.18. The molecule has 168 valence electrons. The number of carbonyl (C=O) groups is 2. The number of piperidine rings is 2. The first kappa shape index (κ1) is 20.6. The molecule has 2 amide bonds. The van der Waals surface area contributed by atoms with E-state index in [4.69, 9.17) is 0 Å². The molecule has 1 aromatic carbocycles. The summed E-state index contributed by atoms with van der Waals surface area (Å²) in [6.45, 7) is -0.282. The Morgan fingerprint density at radius 1 is 1.09 bits per heavy atom. The van der Waals surface area contributed by atoms with Crippen molar-refractivity contribution in [3.8, 4) is 5.75 Å². The predicted molar refractivity (Wildman–Crippen MR) is 106 cm³/mol. The molecule has 2 aromatic rings. The quantitative estimate of drug-likeness (QED) is 0.756. The predicted octanol–water partition coefficient (Wildman–Crippen LogP) is 2.30. The van der Waals surface area contributed by atoms with E-state index in [0.717, 1.165) is 25.7 Å². The Kier molecular flexibility index (Phi) is 4.75. The lowest BCUT2D eigenvalue weighted by atomic mass is 9.73. The molecular formula is C22H20F3N3O4. The van der Waals surface area contributed by atoms with Crippen molar-refractivity contribution >= 4 is 11.8 Å². The summed E-state index contributed by atoms with van der Waals surface area (Å²) in [7, 11) is 0. The van der Waals surface area contributed by atoms with Crippen molar-refractivity contribution in [3.05, 3.63) is 62.8 Å². The third kappa shape index (κ3) is 3.08. The number of hydrogen-bond acceptors (Lipinski definition) is 4. The summed E-state index contributed by atoms with van der Waals surface area (Å²) in [5.41, 5.74) is -2.20. The summed E-state index contributed by atoms with van der Waals surface area (Å²) in [5, 5.41) is 12.7. The number of nitrogens with zero attached hydrogens (tertiary/aromatic N) is 2. The molecule has 0 spiro atoms. The van der Waals surface area contributed by atoms with Gasteiger partial charge in [-0.15, -0.1) is 0 Å². The van der Waals surface area contributed by atoms with Gasteiger partial charge in [-0.2, -0.15) is 0 Å². The second kappa shape index (κ2) is 7.39. The lowest BCUT2D eigenvalue weighted by molar-refractivity contribution is -0.0181. The largest absolute Gasteiger partial charge is 0.503 e. The van der Waals surface area contributed by atoms with Gasteiger partial charge in [0.05, 0.1) is 6.04 Å². The third-order valence-corrected chi connectivity index (χ3v) is 6.89. The van der Waals surface area contributed by atoms with Crippen LogP contribution in [0.4, 0.5) is 13.2 Å². The van der Waals surface area contributed by atoms with E-state index in [1.165, 1.54) is 10.8 Å². The summed E-state index contributed by atoms with van der Waals surface area (Å²) in [6.07, 6.45) is 5.01. The summed E-state index contributed by atoms with van der Waals surface area (Å²) in [4.78, 5) is 40.1. The molecule has 6 rings (SSSR count). The van der Waals surface area contributed by atoms with Crippen LogP contribution in [0.25, 0.3) is 0 Å². The standard InChI is InChI=1S/C22H20F3N3O4/c23-11-5-15(24)13(16(25)6-11)7-26-21(31)14-8-27-9-17-10-1-3-12(4-2-10)28(17)22(32)18(27)20(30)19(14)29/h5-6,8,10,12,17,30H,1-4,7,9H2,(H,26,31)/t10-,12+,17-/m1/s1. The van der Waals surface area contributed by atoms with E-state index in [0.29, 0.717) is 24.6 Å². The Labute approximate surface area is 180 Å². The maximum atomic E-state index is 13.8. The van der Waals surface area contributed by atoms with Crippen LogP contribution < -0.4 is 10.7 Å². The topological polar surface area (TPSA) is 91.6 Å². The average Bonchev–Trinajstić information content (AvgIpc) is 2.75. The number of halogens is 3. The van der Waals surface area contributed by atoms with Gasteiger partial charge in [0.25, 0.3) is 11.8 Å². The number of aromatic nitrogens is 1. The van der Waals surface area contributed by atoms with Gasteiger partial charge in [-0.05, 0) is 31.6 Å². The number of benzene rings is 1. The Bertz CT molecular complexity index is 1180. The zero-order valence-electron chi connectivity index (χ0n) is 16.9. The highest BCUT2D eigenvalue weighted by atomic mass is 19.1. The molecule has 7 nitrogen and oxygen atoms in total. The lowest BCUT2D eigenvalue weighted by Gasteiger charge is -2.53. The Morgan fingerprint density at radius 2 is 1.75 bits per heavy atom. The van der Waals surface area contributed by atoms with Crippen LogP contribution in [0, 0.1) is 23.4 Å². The van der Waals surface area contributed by atoms with Gasteiger partial charge in [-0.25, -0.2) is 13.2 Å². The first-order valence-electron chi connectivity index (χ1n) is 10.5. The van der Waals surface area contributed by atoms with Gasteiger partial charge in [-0.1, -0.05) is 0 Å². The normalized spacial score (nSPS) is 23.7. The highest BCUT2D eigenvalue weighted by Gasteiger charge is 2.48. The van der Waals surface area contributed by atoms with Gasteiger partial charge in [0.1, 0.15) is 23.0 Å². The second-order valence-electron chi connectivity index (χ2n) is 8.60. The maximum Gasteiger partial charge on any atom is 0.275 e. The fourth-order valence-corrected chi connectivity index (χ4v) is 5.32. The van der Waals surface area contributed by atoms with Gasteiger partial charge in [-0.3, -0.25) is 14.4 Å². The molecule has 1 saturated carbocycles. The molecule has 0 radical (unpaired) electrons. The Hall–Kier alpha value is -3.30. The zero-order valence-corrected chi connectivity index (χ0v) is 16.9. The number of fused-ring (bicyclic) bond motifs is 3. The first-order valence-corrected chi connectivity index (χ1v) is 10.5. The van der Waals surface area contributed by atoms with E-state index in [9.17, 15) is 32.7 Å². The summed E-state index contributed by atoms with van der Waals surface area (Å²) in [5.74, 6) is -5.33. The van der Waals surface area contributed by atoms with Crippen molar-refractivity contribution in [2.24, 2.45) is 5.92 Å². The van der Waals surface area contributed by atoms with Gasteiger partial charge in [0.15, 0.2) is 11.4 Å². The number of nitrogens with one attached hydrogen (secondary N) is 1. The molecule has 3 aliphatic heterocycles. The zero-order chi connectivity index (χ0) is 22.7. The molecular weight excluding hydrogens is 427 g/mol. The molecule has 2 bridgehead atoms. The van der Waals surface area contributed by atoms with Gasteiger partial charge >= 0.3 is 0 Å². The van der Waals surface area contributed by atoms with Crippen LogP contribution in [0.5, 0.6) is 5.75 Å². The van der Waals surface area contributed by atoms with Gasteiger partial charge in [0.2, 0.25) is 5.43 Å². The van der Waals surface area contributed by atoms with Crippen molar-refractivity contribution in [3.63, 3.8) is 0 Å². The van der Waals surface area contributed by atoms with Crippen LogP contribution in [0.2, 0.25) is 0 Å². The van der Waals surface area contributed by atoms with Gasteiger partial charge in [0, 0.05) is 43.0 Å². The highest BCUT2D eigenvalue weighted by Crippen LogP contribution is 2.43. The van der Waals surface area contributed by atoms with Crippen LogP contribution in [-0.2, 0) is 13.1 Å². The number of carbonyl (C=O) groups excluding carboxylic acids is 2. The van der Waals surface area contributed by atoms with Crippen LogP contribution >= 0.6 is 0 Å². The molecule has 10 heteroatoms. The van der Waals surface area contributed by atoms with E-state index < -0.39 is 58.1 Å². The van der Waals surface area contributed by atoms with E-state index >= 15 is 0 Å². The fourth-order valence-electron chi connectivity index (χ4n) is 5.32. The molecule has 4 heterocycles. The number of amides is 2. The van der Waals surface area contributed by atoms with Crippen LogP contribution in [0.1, 0.15) is 52.1 Å².